The number of guanidine groups is 1. The average molecular weight is 385 g/mol. The fraction of sp³-hybridized carbons (Fsp3) is 0.409. The number of nitrogens with one attached hydrogen (secondary N) is 3. The Morgan fingerprint density at radius 3 is 2.39 bits per heavy atom. The van der Waals surface area contributed by atoms with Crippen LogP contribution in [0.1, 0.15) is 16.7 Å². The summed E-state index contributed by atoms with van der Waals surface area (Å²) in [6.07, 6.45) is 0.902. The summed E-state index contributed by atoms with van der Waals surface area (Å²) in [7, 11) is 5.19. The van der Waals surface area contributed by atoms with Gasteiger partial charge in [-0.25, -0.2) is 0 Å². The number of ether oxygens (including phenoxy) is 2. The Morgan fingerprint density at radius 1 is 0.964 bits per heavy atom. The van der Waals surface area contributed by atoms with Gasteiger partial charge in [0.05, 0.1) is 13.7 Å². The molecule has 152 valence electrons. The van der Waals surface area contributed by atoms with Gasteiger partial charge in [0.1, 0.15) is 5.75 Å². The fourth-order valence-electron chi connectivity index (χ4n) is 2.79. The number of anilines is 1. The molecule has 0 aliphatic rings. The predicted octanol–water partition coefficient (Wildman–Crippen LogP) is 2.97. The maximum Gasteiger partial charge on any atom is 0.191 e. The first kappa shape index (κ1) is 21.6. The lowest BCUT2D eigenvalue weighted by atomic mass is 10.1. The average Bonchev–Trinajstić information content (AvgIpc) is 2.72. The van der Waals surface area contributed by atoms with Crippen molar-refractivity contribution in [3.05, 3.63) is 59.2 Å². The van der Waals surface area contributed by atoms with Crippen molar-refractivity contribution >= 4 is 11.6 Å². The molecular weight excluding hydrogens is 352 g/mol. The molecule has 2 rings (SSSR count). The summed E-state index contributed by atoms with van der Waals surface area (Å²) in [5.41, 5.74) is 4.68. The third-order valence-corrected chi connectivity index (χ3v) is 4.45. The molecule has 0 aliphatic heterocycles. The first-order chi connectivity index (χ1) is 13.7. The van der Waals surface area contributed by atoms with Crippen LogP contribution in [0, 0.1) is 6.92 Å². The van der Waals surface area contributed by atoms with Crippen LogP contribution in [0.5, 0.6) is 5.75 Å². The third-order valence-electron chi connectivity index (χ3n) is 4.45. The molecule has 0 saturated heterocycles. The van der Waals surface area contributed by atoms with Gasteiger partial charge in [-0.3, -0.25) is 4.99 Å². The molecule has 2 aromatic carbocycles. The molecule has 0 atom stereocenters. The van der Waals surface area contributed by atoms with Gasteiger partial charge >= 0.3 is 0 Å². The highest BCUT2D eigenvalue weighted by Gasteiger charge is 2.02. The Bertz CT molecular complexity index is 745. The zero-order valence-electron chi connectivity index (χ0n) is 17.3. The van der Waals surface area contributed by atoms with E-state index in [0.717, 1.165) is 49.0 Å². The van der Waals surface area contributed by atoms with E-state index in [4.69, 9.17) is 9.47 Å². The molecule has 0 radical (unpaired) electrons. The van der Waals surface area contributed by atoms with Gasteiger partial charge in [0.15, 0.2) is 5.96 Å². The van der Waals surface area contributed by atoms with E-state index >= 15 is 0 Å². The van der Waals surface area contributed by atoms with Crippen molar-refractivity contribution in [2.45, 2.75) is 19.9 Å². The summed E-state index contributed by atoms with van der Waals surface area (Å²) >= 11 is 0. The zero-order chi connectivity index (χ0) is 20.2. The van der Waals surface area contributed by atoms with Crippen LogP contribution in [-0.4, -0.2) is 46.9 Å². The number of aliphatic imine (C=N–C) groups is 1. The van der Waals surface area contributed by atoms with Crippen LogP contribution in [0.3, 0.4) is 0 Å². The van der Waals surface area contributed by atoms with Gasteiger partial charge < -0.3 is 25.4 Å². The van der Waals surface area contributed by atoms with Gasteiger partial charge in [-0.05, 0) is 48.2 Å². The first-order valence-corrected chi connectivity index (χ1v) is 9.56. The second-order valence-corrected chi connectivity index (χ2v) is 6.52. The molecule has 0 bridgehead atoms. The molecule has 0 aromatic heterocycles. The van der Waals surface area contributed by atoms with E-state index in [9.17, 15) is 0 Å². The van der Waals surface area contributed by atoms with Crippen LogP contribution in [0.4, 0.5) is 5.69 Å². The fourth-order valence-corrected chi connectivity index (χ4v) is 2.79. The molecule has 2 aromatic rings. The Hall–Kier alpha value is -2.73. The van der Waals surface area contributed by atoms with Crippen molar-refractivity contribution in [3.8, 4) is 5.75 Å². The lowest BCUT2D eigenvalue weighted by Gasteiger charge is -2.13. The Morgan fingerprint density at radius 2 is 1.71 bits per heavy atom. The topological polar surface area (TPSA) is 66.9 Å². The summed E-state index contributed by atoms with van der Waals surface area (Å²) in [6, 6.07) is 14.7. The van der Waals surface area contributed by atoms with Gasteiger partial charge in [0.2, 0.25) is 0 Å². The molecule has 0 spiro atoms. The van der Waals surface area contributed by atoms with Crippen molar-refractivity contribution in [3.63, 3.8) is 0 Å². The molecular formula is C22H32N4O2. The van der Waals surface area contributed by atoms with Crippen molar-refractivity contribution in [1.82, 2.24) is 10.6 Å². The Labute approximate surface area is 168 Å². The molecule has 6 nitrogen and oxygen atoms in total. The minimum atomic E-state index is 0.695. The quantitative estimate of drug-likeness (QED) is 0.334. The maximum atomic E-state index is 5.39. The van der Waals surface area contributed by atoms with E-state index < -0.39 is 0 Å². The molecule has 0 heterocycles. The molecule has 3 N–H and O–H groups in total. The highest BCUT2D eigenvalue weighted by molar-refractivity contribution is 5.79. The largest absolute Gasteiger partial charge is 0.496 e. The minimum absolute atomic E-state index is 0.695. The number of nitrogens with zero attached hydrogens (tertiary/aromatic N) is 1. The SMILES string of the molecule is CN=C(NCCc1ccc(C)c(OC)c1)NCc1ccc(NCCOC)cc1. The van der Waals surface area contributed by atoms with Crippen molar-refractivity contribution in [2.24, 2.45) is 4.99 Å². The number of hydrogen-bond acceptors (Lipinski definition) is 4. The van der Waals surface area contributed by atoms with Gasteiger partial charge in [0, 0.05) is 39.5 Å². The smallest absolute Gasteiger partial charge is 0.191 e. The summed E-state index contributed by atoms with van der Waals surface area (Å²) in [4.78, 5) is 4.29. The molecule has 0 amide bonds. The monoisotopic (exact) mass is 384 g/mol. The minimum Gasteiger partial charge on any atom is -0.496 e. The number of rotatable bonds is 10. The number of methoxy groups -OCH3 is 2. The van der Waals surface area contributed by atoms with Crippen LogP contribution in [0.15, 0.2) is 47.5 Å². The molecule has 0 saturated carbocycles. The van der Waals surface area contributed by atoms with Crippen molar-refractivity contribution in [1.29, 1.82) is 0 Å². The molecule has 6 heteroatoms. The first-order valence-electron chi connectivity index (χ1n) is 9.56. The van der Waals surface area contributed by atoms with Crippen LogP contribution in [0.25, 0.3) is 0 Å². The number of hydrogen-bond donors (Lipinski definition) is 3. The van der Waals surface area contributed by atoms with E-state index in [-0.39, 0.29) is 0 Å². The lowest BCUT2D eigenvalue weighted by molar-refractivity contribution is 0.211. The van der Waals surface area contributed by atoms with Gasteiger partial charge in [-0.2, -0.15) is 0 Å². The molecule has 0 unspecified atom stereocenters. The van der Waals surface area contributed by atoms with Crippen molar-refractivity contribution < 1.29 is 9.47 Å². The molecule has 0 aliphatic carbocycles. The van der Waals surface area contributed by atoms with Crippen LogP contribution >= 0.6 is 0 Å². The second kappa shape index (κ2) is 11.9. The summed E-state index contributed by atoms with van der Waals surface area (Å²) in [5, 5.41) is 10.0. The highest BCUT2D eigenvalue weighted by atomic mass is 16.5. The van der Waals surface area contributed by atoms with E-state index in [1.54, 1.807) is 21.3 Å². The summed E-state index contributed by atoms with van der Waals surface area (Å²) in [5.74, 6) is 1.72. The normalized spacial score (nSPS) is 11.2. The molecule has 28 heavy (non-hydrogen) atoms. The van der Waals surface area contributed by atoms with Crippen LogP contribution < -0.4 is 20.7 Å². The predicted molar refractivity (Wildman–Crippen MR) is 116 cm³/mol. The van der Waals surface area contributed by atoms with Crippen LogP contribution in [0.2, 0.25) is 0 Å². The van der Waals surface area contributed by atoms with Gasteiger partial charge in [0.25, 0.3) is 0 Å². The lowest BCUT2D eigenvalue weighted by Crippen LogP contribution is -2.37. The highest BCUT2D eigenvalue weighted by Crippen LogP contribution is 2.19. The number of aryl methyl sites for hydroxylation is 1. The zero-order valence-corrected chi connectivity index (χ0v) is 17.3. The van der Waals surface area contributed by atoms with Gasteiger partial charge in [-0.15, -0.1) is 0 Å². The van der Waals surface area contributed by atoms with E-state index in [1.165, 1.54) is 11.1 Å². The van der Waals surface area contributed by atoms with E-state index in [0.29, 0.717) is 6.61 Å². The third kappa shape index (κ3) is 7.12. The number of benzene rings is 2. The standard InChI is InChI=1S/C22H32N4O2/c1-17-5-6-18(15-21(17)28-4)11-12-25-22(23-2)26-16-19-7-9-20(10-8-19)24-13-14-27-3/h5-10,15,24H,11-14,16H2,1-4H3,(H2,23,25,26). The van der Waals surface area contributed by atoms with E-state index in [1.807, 2.05) is 0 Å². The van der Waals surface area contributed by atoms with Gasteiger partial charge in [-0.1, -0.05) is 24.3 Å². The van der Waals surface area contributed by atoms with Crippen LogP contribution in [-0.2, 0) is 17.7 Å². The summed E-state index contributed by atoms with van der Waals surface area (Å²) in [6.45, 7) is 5.07. The van der Waals surface area contributed by atoms with E-state index in [2.05, 4.69) is 70.3 Å². The second-order valence-electron chi connectivity index (χ2n) is 6.52. The maximum absolute atomic E-state index is 5.39. The van der Waals surface area contributed by atoms with Crippen molar-refractivity contribution in [2.75, 3.05) is 46.3 Å². The Balaban J connectivity index is 1.75. The molecule has 0 fully saturated rings. The summed E-state index contributed by atoms with van der Waals surface area (Å²) < 4.78 is 10.4. The Kier molecular flexibility index (Phi) is 9.15.